The molecule has 1 saturated heterocycles. The van der Waals surface area contributed by atoms with Gasteiger partial charge in [0.2, 0.25) is 0 Å². The van der Waals surface area contributed by atoms with E-state index in [0.29, 0.717) is 17.9 Å². The molecule has 2 rings (SSSR count). The summed E-state index contributed by atoms with van der Waals surface area (Å²) < 4.78 is 11.0. The first-order valence-electron chi connectivity index (χ1n) is 6.75. The van der Waals surface area contributed by atoms with Crippen LogP contribution in [0.3, 0.4) is 0 Å². The van der Waals surface area contributed by atoms with Crippen molar-refractivity contribution < 1.29 is 14.3 Å². The van der Waals surface area contributed by atoms with E-state index in [1.54, 1.807) is 31.2 Å². The summed E-state index contributed by atoms with van der Waals surface area (Å²) in [4.78, 5) is 11.9. The van der Waals surface area contributed by atoms with E-state index in [4.69, 9.17) is 14.7 Å². The third-order valence-electron chi connectivity index (χ3n) is 3.19. The van der Waals surface area contributed by atoms with Crippen molar-refractivity contribution in [3.8, 4) is 11.8 Å². The standard InChI is InChI=1S/C15H18N2O3/c1-11(15(18)17-10-14-3-2-8-19-14)20-13-6-4-12(9-16)5-7-13/h4-7,11,14H,2-3,8,10H2,1H3,(H,17,18)/t11-,14-/m0/s1. The van der Waals surface area contributed by atoms with Crippen LogP contribution < -0.4 is 10.1 Å². The Morgan fingerprint density at radius 1 is 1.55 bits per heavy atom. The number of carbonyl (C=O) groups excluding carboxylic acids is 1. The second-order valence-electron chi connectivity index (χ2n) is 4.78. The van der Waals surface area contributed by atoms with Crippen LogP contribution in [0.15, 0.2) is 24.3 Å². The van der Waals surface area contributed by atoms with Gasteiger partial charge in [0, 0.05) is 13.2 Å². The molecule has 1 aliphatic heterocycles. The summed E-state index contributed by atoms with van der Waals surface area (Å²) in [7, 11) is 0. The smallest absolute Gasteiger partial charge is 0.260 e. The van der Waals surface area contributed by atoms with Crippen LogP contribution in [0.4, 0.5) is 0 Å². The molecule has 0 radical (unpaired) electrons. The number of hydrogen-bond acceptors (Lipinski definition) is 4. The first-order chi connectivity index (χ1) is 9.69. The molecule has 1 aromatic carbocycles. The van der Waals surface area contributed by atoms with Gasteiger partial charge in [0.15, 0.2) is 6.10 Å². The average Bonchev–Trinajstić information content (AvgIpc) is 2.98. The number of amides is 1. The molecule has 1 fully saturated rings. The van der Waals surface area contributed by atoms with E-state index < -0.39 is 6.10 Å². The van der Waals surface area contributed by atoms with Gasteiger partial charge in [-0.3, -0.25) is 4.79 Å². The number of hydrogen-bond donors (Lipinski definition) is 1. The third-order valence-corrected chi connectivity index (χ3v) is 3.19. The Bertz CT molecular complexity index is 487. The second kappa shape index (κ2) is 6.92. The number of rotatable bonds is 5. The highest BCUT2D eigenvalue weighted by atomic mass is 16.5. The molecule has 0 spiro atoms. The van der Waals surface area contributed by atoms with Crippen LogP contribution in [-0.2, 0) is 9.53 Å². The van der Waals surface area contributed by atoms with Crippen LogP contribution in [-0.4, -0.2) is 31.3 Å². The number of benzene rings is 1. The summed E-state index contributed by atoms with van der Waals surface area (Å²) in [6.45, 7) is 3.00. The Labute approximate surface area is 118 Å². The van der Waals surface area contributed by atoms with Crippen molar-refractivity contribution in [1.82, 2.24) is 5.32 Å². The van der Waals surface area contributed by atoms with Gasteiger partial charge in [-0.15, -0.1) is 0 Å². The lowest BCUT2D eigenvalue weighted by Crippen LogP contribution is -2.40. The molecular weight excluding hydrogens is 256 g/mol. The van der Waals surface area contributed by atoms with Crippen molar-refractivity contribution in [2.24, 2.45) is 0 Å². The second-order valence-corrected chi connectivity index (χ2v) is 4.78. The molecule has 1 amide bonds. The summed E-state index contributed by atoms with van der Waals surface area (Å²) in [6, 6.07) is 8.72. The van der Waals surface area contributed by atoms with Crippen molar-refractivity contribution in [1.29, 1.82) is 5.26 Å². The van der Waals surface area contributed by atoms with E-state index in [9.17, 15) is 4.79 Å². The molecule has 0 saturated carbocycles. The lowest BCUT2D eigenvalue weighted by Gasteiger charge is -2.16. The maximum Gasteiger partial charge on any atom is 0.260 e. The van der Waals surface area contributed by atoms with Crippen molar-refractivity contribution in [2.45, 2.75) is 32.0 Å². The summed E-state index contributed by atoms with van der Waals surface area (Å²) >= 11 is 0. The van der Waals surface area contributed by atoms with Crippen molar-refractivity contribution in [2.75, 3.05) is 13.2 Å². The molecule has 0 unspecified atom stereocenters. The number of carbonyl (C=O) groups is 1. The fourth-order valence-electron chi connectivity index (χ4n) is 2.03. The highest BCUT2D eigenvalue weighted by Crippen LogP contribution is 2.14. The topological polar surface area (TPSA) is 71.3 Å². The lowest BCUT2D eigenvalue weighted by atomic mass is 10.2. The summed E-state index contributed by atoms with van der Waals surface area (Å²) in [5.41, 5.74) is 0.563. The molecule has 1 heterocycles. The van der Waals surface area contributed by atoms with Crippen LogP contribution in [0.25, 0.3) is 0 Å². The fraction of sp³-hybridized carbons (Fsp3) is 0.467. The van der Waals surface area contributed by atoms with Gasteiger partial charge in [-0.1, -0.05) is 0 Å². The number of nitriles is 1. The maximum absolute atomic E-state index is 11.9. The van der Waals surface area contributed by atoms with Crippen LogP contribution in [0.1, 0.15) is 25.3 Å². The zero-order valence-corrected chi connectivity index (χ0v) is 11.5. The minimum Gasteiger partial charge on any atom is -0.481 e. The van der Waals surface area contributed by atoms with Gasteiger partial charge in [-0.25, -0.2) is 0 Å². The molecular formula is C15H18N2O3. The lowest BCUT2D eigenvalue weighted by molar-refractivity contribution is -0.127. The molecule has 1 aromatic rings. The molecule has 20 heavy (non-hydrogen) atoms. The number of nitrogens with one attached hydrogen (secondary N) is 1. The van der Waals surface area contributed by atoms with Gasteiger partial charge in [0.1, 0.15) is 5.75 Å². The summed E-state index contributed by atoms with van der Waals surface area (Å²) in [5, 5.41) is 11.5. The fourth-order valence-corrected chi connectivity index (χ4v) is 2.03. The zero-order valence-electron chi connectivity index (χ0n) is 11.5. The first kappa shape index (κ1) is 14.4. The van der Waals surface area contributed by atoms with Crippen LogP contribution >= 0.6 is 0 Å². The molecule has 0 aromatic heterocycles. The predicted octanol–water partition coefficient (Wildman–Crippen LogP) is 1.62. The largest absolute Gasteiger partial charge is 0.481 e. The summed E-state index contributed by atoms with van der Waals surface area (Å²) in [6.07, 6.45) is 1.59. The molecule has 0 aliphatic carbocycles. The van der Waals surface area contributed by atoms with Crippen molar-refractivity contribution >= 4 is 5.91 Å². The Morgan fingerprint density at radius 3 is 2.90 bits per heavy atom. The normalized spacial score (nSPS) is 19.1. The minimum atomic E-state index is -0.579. The van der Waals surface area contributed by atoms with Gasteiger partial charge in [0.25, 0.3) is 5.91 Å². The van der Waals surface area contributed by atoms with E-state index in [2.05, 4.69) is 5.32 Å². The molecule has 0 bridgehead atoms. The van der Waals surface area contributed by atoms with E-state index >= 15 is 0 Å². The molecule has 1 N–H and O–H groups in total. The van der Waals surface area contributed by atoms with Crippen LogP contribution in [0, 0.1) is 11.3 Å². The van der Waals surface area contributed by atoms with Crippen molar-refractivity contribution in [3.05, 3.63) is 29.8 Å². The zero-order chi connectivity index (χ0) is 14.4. The van der Waals surface area contributed by atoms with Crippen molar-refractivity contribution in [3.63, 3.8) is 0 Å². The monoisotopic (exact) mass is 274 g/mol. The van der Waals surface area contributed by atoms with E-state index in [1.807, 2.05) is 6.07 Å². The van der Waals surface area contributed by atoms with Crippen LogP contribution in [0.2, 0.25) is 0 Å². The molecule has 5 nitrogen and oxygen atoms in total. The summed E-state index contributed by atoms with van der Waals surface area (Å²) in [5.74, 6) is 0.411. The quantitative estimate of drug-likeness (QED) is 0.885. The predicted molar refractivity (Wildman–Crippen MR) is 73.2 cm³/mol. The Morgan fingerprint density at radius 2 is 2.30 bits per heavy atom. The average molecular weight is 274 g/mol. The van der Waals surface area contributed by atoms with Gasteiger partial charge in [0.05, 0.1) is 17.7 Å². The molecule has 106 valence electrons. The van der Waals surface area contributed by atoms with Gasteiger partial charge < -0.3 is 14.8 Å². The highest BCUT2D eigenvalue weighted by Gasteiger charge is 2.19. The highest BCUT2D eigenvalue weighted by molar-refractivity contribution is 5.80. The Kier molecular flexibility index (Phi) is 4.97. The minimum absolute atomic E-state index is 0.126. The van der Waals surface area contributed by atoms with E-state index in [0.717, 1.165) is 19.4 Å². The first-order valence-corrected chi connectivity index (χ1v) is 6.75. The van der Waals surface area contributed by atoms with Gasteiger partial charge in [-0.05, 0) is 44.0 Å². The van der Waals surface area contributed by atoms with E-state index in [-0.39, 0.29) is 12.0 Å². The maximum atomic E-state index is 11.9. The van der Waals surface area contributed by atoms with Crippen LogP contribution in [0.5, 0.6) is 5.75 Å². The number of ether oxygens (including phenoxy) is 2. The number of nitrogens with zero attached hydrogens (tertiary/aromatic N) is 1. The molecule has 1 aliphatic rings. The Balaban J connectivity index is 1.79. The Hall–Kier alpha value is -2.06. The SMILES string of the molecule is C[C@H](Oc1ccc(C#N)cc1)C(=O)NC[C@@H]1CCCO1. The molecule has 5 heteroatoms. The van der Waals surface area contributed by atoms with E-state index in [1.165, 1.54) is 0 Å². The van der Waals surface area contributed by atoms with Gasteiger partial charge in [-0.2, -0.15) is 5.26 Å². The van der Waals surface area contributed by atoms with Gasteiger partial charge >= 0.3 is 0 Å². The third kappa shape index (κ3) is 3.97. The molecule has 2 atom stereocenters.